The van der Waals surface area contributed by atoms with Gasteiger partial charge in [-0.2, -0.15) is 13.2 Å². The molecule has 1 atom stereocenters. The first-order valence-corrected chi connectivity index (χ1v) is 10.9. The summed E-state index contributed by atoms with van der Waals surface area (Å²) in [4.78, 5) is 16.2. The van der Waals surface area contributed by atoms with Crippen molar-refractivity contribution in [3.8, 4) is 0 Å². The molecule has 1 saturated carbocycles. The lowest BCUT2D eigenvalue weighted by Crippen LogP contribution is -2.46. The molecular formula is C21H23F7N6O. The zero-order chi connectivity index (χ0) is 25.3. The lowest BCUT2D eigenvalue weighted by Gasteiger charge is -2.30. The summed E-state index contributed by atoms with van der Waals surface area (Å²) in [6.07, 6.45) is -6.27. The van der Waals surface area contributed by atoms with Crippen LogP contribution in [-0.2, 0) is 11.0 Å². The third kappa shape index (κ3) is 5.80. The largest absolute Gasteiger partial charge is 0.434 e. The Balaban J connectivity index is 1.35. The highest BCUT2D eigenvalue weighted by atomic mass is 19.4. The zero-order valence-corrected chi connectivity index (χ0v) is 18.2. The van der Waals surface area contributed by atoms with Crippen LogP contribution in [-0.4, -0.2) is 57.8 Å². The summed E-state index contributed by atoms with van der Waals surface area (Å²) in [5.74, 6) is -0.307. The average molecular weight is 508 g/mol. The quantitative estimate of drug-likeness (QED) is 0.497. The van der Waals surface area contributed by atoms with E-state index in [9.17, 15) is 35.5 Å². The van der Waals surface area contributed by atoms with Crippen molar-refractivity contribution >= 4 is 17.4 Å². The second-order valence-electron chi connectivity index (χ2n) is 8.50. The molecule has 2 aromatic heterocycles. The predicted molar refractivity (Wildman–Crippen MR) is 112 cm³/mol. The molecule has 3 N–H and O–H groups in total. The van der Waals surface area contributed by atoms with Gasteiger partial charge in [-0.15, -0.1) is 0 Å². The van der Waals surface area contributed by atoms with Gasteiger partial charge in [0.25, 0.3) is 18.8 Å². The number of hydrogen-bond donors (Lipinski definition) is 3. The summed E-state index contributed by atoms with van der Waals surface area (Å²) in [5, 5.41) is 6.69. The first-order valence-electron chi connectivity index (χ1n) is 10.9. The first-order chi connectivity index (χ1) is 16.5. The molecule has 0 spiro atoms. The molecule has 0 saturated heterocycles. The smallest absolute Gasteiger partial charge is 0.368 e. The Hall–Kier alpha value is -3.03. The van der Waals surface area contributed by atoms with Crippen molar-refractivity contribution in [2.45, 2.75) is 62.8 Å². The third-order valence-corrected chi connectivity index (χ3v) is 5.98. The molecule has 7 nitrogen and oxygen atoms in total. The number of alkyl halides is 7. The number of pyridine rings is 1. The van der Waals surface area contributed by atoms with E-state index >= 15 is 0 Å². The second kappa shape index (κ2) is 9.91. The van der Waals surface area contributed by atoms with Gasteiger partial charge in [-0.3, -0.25) is 9.20 Å². The van der Waals surface area contributed by atoms with Crippen LogP contribution < -0.4 is 16.1 Å². The summed E-state index contributed by atoms with van der Waals surface area (Å²) < 4.78 is 92.1. The molecule has 1 fully saturated rings. The van der Waals surface area contributed by atoms with Crippen LogP contribution in [0, 0.1) is 0 Å². The lowest BCUT2D eigenvalue weighted by molar-refractivity contribution is -0.140. The number of nitrogens with zero attached hydrogens (tertiary/aromatic N) is 3. The van der Waals surface area contributed by atoms with Crippen LogP contribution in [0.3, 0.4) is 0 Å². The molecular weight excluding hydrogens is 485 g/mol. The molecule has 0 bridgehead atoms. The van der Waals surface area contributed by atoms with Gasteiger partial charge in [-0.25, -0.2) is 28.0 Å². The van der Waals surface area contributed by atoms with Gasteiger partial charge >= 0.3 is 6.18 Å². The maximum atomic E-state index is 13.3. The van der Waals surface area contributed by atoms with Crippen LogP contribution >= 0.6 is 0 Å². The average Bonchev–Trinajstić information content (AvgIpc) is 3.40. The molecule has 192 valence electrons. The monoisotopic (exact) mass is 508 g/mol. The van der Waals surface area contributed by atoms with E-state index in [1.54, 1.807) is 12.1 Å². The van der Waals surface area contributed by atoms with E-state index in [1.165, 1.54) is 10.5 Å². The minimum atomic E-state index is -4.57. The Morgan fingerprint density at radius 3 is 2.43 bits per heavy atom. The molecule has 2 aliphatic rings. The normalized spacial score (nSPS) is 23.3. The van der Waals surface area contributed by atoms with Gasteiger partial charge < -0.3 is 15.6 Å². The Kier molecular flexibility index (Phi) is 7.10. The summed E-state index contributed by atoms with van der Waals surface area (Å²) in [5.41, 5.74) is 1.05. The van der Waals surface area contributed by atoms with Gasteiger partial charge in [-0.05, 0) is 37.8 Å². The molecule has 0 radical (unpaired) electrons. The lowest BCUT2D eigenvalue weighted by atomic mass is 9.90. The van der Waals surface area contributed by atoms with Crippen LogP contribution in [0.1, 0.15) is 31.4 Å². The van der Waals surface area contributed by atoms with Crippen LogP contribution in [0.15, 0.2) is 36.2 Å². The molecule has 14 heteroatoms. The number of fused-ring (bicyclic) bond motifs is 1. The SMILES string of the molecule is O=C(NC1CCC(Nc2cccc3nc(C(F)(F)F)cn23)CC1)C1=CN(CC(F)F)NC1C(F)F. The Bertz CT molecular complexity index is 1080. The minimum absolute atomic E-state index is 0.0896. The van der Waals surface area contributed by atoms with E-state index in [0.29, 0.717) is 31.5 Å². The summed E-state index contributed by atoms with van der Waals surface area (Å²) in [6, 6.07) is 2.62. The van der Waals surface area contributed by atoms with Crippen LogP contribution in [0.4, 0.5) is 36.6 Å². The molecule has 4 rings (SSSR count). The van der Waals surface area contributed by atoms with E-state index in [2.05, 4.69) is 21.0 Å². The van der Waals surface area contributed by atoms with Crippen molar-refractivity contribution < 1.29 is 35.5 Å². The van der Waals surface area contributed by atoms with Gasteiger partial charge in [-0.1, -0.05) is 6.07 Å². The van der Waals surface area contributed by atoms with Crippen molar-refractivity contribution in [1.82, 2.24) is 25.1 Å². The van der Waals surface area contributed by atoms with Gasteiger partial charge in [0.2, 0.25) is 0 Å². The van der Waals surface area contributed by atoms with E-state index in [1.807, 2.05) is 0 Å². The van der Waals surface area contributed by atoms with Crippen molar-refractivity contribution in [2.24, 2.45) is 0 Å². The number of anilines is 1. The van der Waals surface area contributed by atoms with E-state index in [4.69, 9.17) is 0 Å². The number of amides is 1. The van der Waals surface area contributed by atoms with Gasteiger partial charge in [0.05, 0.1) is 12.1 Å². The number of halogens is 7. The zero-order valence-electron chi connectivity index (χ0n) is 18.2. The topological polar surface area (TPSA) is 73.7 Å². The third-order valence-electron chi connectivity index (χ3n) is 5.98. The number of hydrogen-bond acceptors (Lipinski definition) is 5. The van der Waals surface area contributed by atoms with Crippen molar-refractivity contribution in [1.29, 1.82) is 0 Å². The summed E-state index contributed by atoms with van der Waals surface area (Å²) in [6.45, 7) is -0.828. The molecule has 1 amide bonds. The Labute approximate surface area is 195 Å². The van der Waals surface area contributed by atoms with Crippen LogP contribution in [0.5, 0.6) is 0 Å². The van der Waals surface area contributed by atoms with Crippen molar-refractivity contribution in [2.75, 3.05) is 11.9 Å². The summed E-state index contributed by atoms with van der Waals surface area (Å²) >= 11 is 0. The highest BCUT2D eigenvalue weighted by molar-refractivity contribution is 5.95. The standard InChI is InChI=1S/C21H23F7N6O/c22-15(23)10-33-8-13(18(32-33)19(24)25)20(35)30-12-6-4-11(5-7-12)29-16-2-1-3-17-31-14(9-34(16)17)21(26,27)28/h1-3,8-9,11-12,15,18-19,29,32H,4-7,10H2,(H,30,35). The van der Waals surface area contributed by atoms with Gasteiger partial charge in [0.1, 0.15) is 17.5 Å². The molecule has 2 aromatic rings. The fourth-order valence-electron chi connectivity index (χ4n) is 4.30. The van der Waals surface area contributed by atoms with E-state index < -0.39 is 43.2 Å². The number of rotatable bonds is 7. The van der Waals surface area contributed by atoms with Gasteiger partial charge in [0.15, 0.2) is 5.69 Å². The van der Waals surface area contributed by atoms with Crippen LogP contribution in [0.25, 0.3) is 5.65 Å². The van der Waals surface area contributed by atoms with Gasteiger partial charge in [0, 0.05) is 24.5 Å². The Morgan fingerprint density at radius 1 is 1.11 bits per heavy atom. The second-order valence-corrected chi connectivity index (χ2v) is 8.50. The molecule has 35 heavy (non-hydrogen) atoms. The molecule has 0 aromatic carbocycles. The fourth-order valence-corrected chi connectivity index (χ4v) is 4.30. The Morgan fingerprint density at radius 2 is 1.80 bits per heavy atom. The first kappa shape index (κ1) is 25.1. The summed E-state index contributed by atoms with van der Waals surface area (Å²) in [7, 11) is 0. The molecule has 1 aliphatic heterocycles. The van der Waals surface area contributed by atoms with Crippen molar-refractivity contribution in [3.05, 3.63) is 41.9 Å². The molecule has 1 unspecified atom stereocenters. The van der Waals surface area contributed by atoms with Crippen molar-refractivity contribution in [3.63, 3.8) is 0 Å². The highest BCUT2D eigenvalue weighted by Gasteiger charge is 2.37. The highest BCUT2D eigenvalue weighted by Crippen LogP contribution is 2.30. The number of nitrogens with one attached hydrogen (secondary N) is 3. The van der Waals surface area contributed by atoms with E-state index in [0.717, 1.165) is 17.4 Å². The maximum absolute atomic E-state index is 13.3. The number of hydrazine groups is 1. The molecule has 3 heterocycles. The van der Waals surface area contributed by atoms with Crippen LogP contribution in [0.2, 0.25) is 0 Å². The minimum Gasteiger partial charge on any atom is -0.368 e. The number of aromatic nitrogens is 2. The predicted octanol–water partition coefficient (Wildman–Crippen LogP) is 3.80. The fraction of sp³-hybridized carbons (Fsp3) is 0.524. The maximum Gasteiger partial charge on any atom is 0.434 e. The number of imidazole rings is 1. The number of carbonyl (C=O) groups is 1. The number of carbonyl (C=O) groups excluding carboxylic acids is 1. The van der Waals surface area contributed by atoms with E-state index in [-0.39, 0.29) is 23.3 Å². The molecule has 1 aliphatic carbocycles.